The van der Waals surface area contributed by atoms with E-state index in [4.69, 9.17) is 11.6 Å². The fourth-order valence-electron chi connectivity index (χ4n) is 0.954. The SMILES string of the molecule is FC(F)(F)SNc1nc(Cl)c(SC(F)(F)F)c(NSC(F)(F)F)n1. The van der Waals surface area contributed by atoms with Crippen molar-refractivity contribution in [2.24, 2.45) is 0 Å². The van der Waals surface area contributed by atoms with Crippen LogP contribution in [0, 0.1) is 0 Å². The first-order valence-corrected chi connectivity index (χ1v) is 7.84. The number of thioether (sulfide) groups is 1. The fourth-order valence-corrected chi connectivity index (χ4v) is 2.52. The summed E-state index contributed by atoms with van der Waals surface area (Å²) in [4.78, 5) is 5.26. The summed E-state index contributed by atoms with van der Waals surface area (Å²) in [5.41, 5.74) is -14.6. The molecule has 24 heavy (non-hydrogen) atoms. The van der Waals surface area contributed by atoms with Crippen molar-refractivity contribution in [2.45, 2.75) is 21.4 Å². The van der Waals surface area contributed by atoms with Crippen molar-refractivity contribution in [2.75, 3.05) is 9.44 Å². The van der Waals surface area contributed by atoms with Crippen LogP contribution in [0.2, 0.25) is 5.15 Å². The monoisotopic (exact) mass is 444 g/mol. The molecule has 1 rings (SSSR count). The van der Waals surface area contributed by atoms with Gasteiger partial charge in [0.25, 0.3) is 0 Å². The Balaban J connectivity index is 3.13. The summed E-state index contributed by atoms with van der Waals surface area (Å²) in [5, 5.41) is -0.983. The topological polar surface area (TPSA) is 49.8 Å². The van der Waals surface area contributed by atoms with Gasteiger partial charge in [0.05, 0.1) is 28.8 Å². The van der Waals surface area contributed by atoms with Crippen LogP contribution in [0.3, 0.4) is 0 Å². The van der Waals surface area contributed by atoms with Crippen LogP contribution in [0.1, 0.15) is 0 Å². The van der Waals surface area contributed by atoms with Crippen molar-refractivity contribution in [3.05, 3.63) is 5.15 Å². The molecule has 0 aromatic carbocycles. The summed E-state index contributed by atoms with van der Waals surface area (Å²) in [5.74, 6) is -1.98. The Labute approximate surface area is 144 Å². The summed E-state index contributed by atoms with van der Waals surface area (Å²) in [7, 11) is 0. The fraction of sp³-hybridized carbons (Fsp3) is 0.429. The van der Waals surface area contributed by atoms with E-state index in [0.29, 0.717) is 0 Å². The van der Waals surface area contributed by atoms with Gasteiger partial charge in [-0.15, -0.1) is 0 Å². The first-order chi connectivity index (χ1) is 10.7. The third-order valence-electron chi connectivity index (χ3n) is 1.56. The van der Waals surface area contributed by atoms with Gasteiger partial charge in [0, 0.05) is 0 Å². The van der Waals surface area contributed by atoms with E-state index < -0.39 is 74.0 Å². The van der Waals surface area contributed by atoms with Gasteiger partial charge in [-0.25, -0.2) is 0 Å². The number of nitrogens with one attached hydrogen (secondary N) is 2. The lowest BCUT2D eigenvalue weighted by Crippen LogP contribution is -2.11. The molecule has 4 nitrogen and oxygen atoms in total. The van der Waals surface area contributed by atoms with E-state index in [-0.39, 0.29) is 0 Å². The maximum absolute atomic E-state index is 12.4. The van der Waals surface area contributed by atoms with E-state index >= 15 is 0 Å². The molecule has 0 aliphatic heterocycles. The van der Waals surface area contributed by atoms with Gasteiger partial charge in [-0.1, -0.05) is 11.6 Å². The third kappa shape index (κ3) is 8.48. The highest BCUT2D eigenvalue weighted by atomic mass is 35.5. The Morgan fingerprint density at radius 3 is 1.71 bits per heavy atom. The van der Waals surface area contributed by atoms with Crippen molar-refractivity contribution >= 4 is 59.0 Å². The van der Waals surface area contributed by atoms with Crippen LogP contribution in [0.25, 0.3) is 0 Å². The summed E-state index contributed by atoms with van der Waals surface area (Å²) in [6.45, 7) is 0. The van der Waals surface area contributed by atoms with E-state index in [1.54, 1.807) is 0 Å². The van der Waals surface area contributed by atoms with E-state index in [9.17, 15) is 39.5 Å². The Morgan fingerprint density at radius 2 is 1.25 bits per heavy atom. The molecule has 0 aliphatic carbocycles. The van der Waals surface area contributed by atoms with Crippen LogP contribution in [-0.2, 0) is 0 Å². The number of anilines is 2. The van der Waals surface area contributed by atoms with Crippen molar-refractivity contribution in [1.82, 2.24) is 9.97 Å². The Kier molecular flexibility index (Phi) is 6.91. The molecule has 0 saturated carbocycles. The molecule has 17 heteroatoms. The van der Waals surface area contributed by atoms with Crippen LogP contribution >= 0.6 is 47.3 Å². The predicted octanol–water partition coefficient (Wildman–Crippen LogP) is 5.90. The second-order valence-electron chi connectivity index (χ2n) is 3.36. The summed E-state index contributed by atoms with van der Waals surface area (Å²) in [6.07, 6.45) is 0. The van der Waals surface area contributed by atoms with E-state index in [0.717, 1.165) is 0 Å². The Bertz CT molecular complexity index is 576. The number of hydrogen-bond acceptors (Lipinski definition) is 7. The zero-order valence-corrected chi connectivity index (χ0v) is 13.6. The molecule has 1 aromatic rings. The van der Waals surface area contributed by atoms with E-state index in [1.165, 1.54) is 9.44 Å². The minimum atomic E-state index is -4.94. The minimum absolute atomic E-state index is 0.873. The van der Waals surface area contributed by atoms with Crippen molar-refractivity contribution in [3.8, 4) is 0 Å². The zero-order chi connectivity index (χ0) is 18.8. The molecule has 0 fully saturated rings. The summed E-state index contributed by atoms with van der Waals surface area (Å²) >= 11 is 2.65. The molecule has 0 radical (unpaired) electrons. The van der Waals surface area contributed by atoms with E-state index in [2.05, 4.69) is 9.97 Å². The maximum atomic E-state index is 12.4. The van der Waals surface area contributed by atoms with Gasteiger partial charge in [-0.05, 0) is 11.8 Å². The number of nitrogens with zero attached hydrogens (tertiary/aromatic N) is 2. The average Bonchev–Trinajstić information content (AvgIpc) is 2.34. The number of aromatic nitrogens is 2. The predicted molar refractivity (Wildman–Crippen MR) is 73.5 cm³/mol. The van der Waals surface area contributed by atoms with Gasteiger partial charge >= 0.3 is 16.5 Å². The standard InChI is InChI=1S/C7H2ClF9N4S3/c8-2-1(22-5(9,10)11)3(20-23-6(12,13)14)19-4(18-2)21-24-7(15,16)17/h(H2,18,19,20,21). The van der Waals surface area contributed by atoms with Crippen molar-refractivity contribution in [3.63, 3.8) is 0 Å². The molecule has 1 heterocycles. The van der Waals surface area contributed by atoms with Crippen LogP contribution in [0.15, 0.2) is 4.90 Å². The number of rotatable bonds is 5. The van der Waals surface area contributed by atoms with Gasteiger partial charge in [-0.3, -0.25) is 4.72 Å². The molecule has 0 atom stereocenters. The third-order valence-corrected chi connectivity index (χ3v) is 3.81. The van der Waals surface area contributed by atoms with Gasteiger partial charge < -0.3 is 4.72 Å². The largest absolute Gasteiger partial charge is 0.461 e. The lowest BCUT2D eigenvalue weighted by atomic mass is 10.6. The molecule has 0 bridgehead atoms. The number of hydrogen-bond donors (Lipinski definition) is 2. The molecule has 0 amide bonds. The Hall–Kier alpha value is -0.610. The van der Waals surface area contributed by atoms with Gasteiger partial charge in [-0.2, -0.15) is 49.5 Å². The summed E-state index contributed by atoms with van der Waals surface area (Å²) in [6, 6.07) is 0. The molecule has 0 saturated heterocycles. The quantitative estimate of drug-likeness (QED) is 0.254. The summed E-state index contributed by atoms with van der Waals surface area (Å²) < 4.78 is 113. The first kappa shape index (κ1) is 21.4. The van der Waals surface area contributed by atoms with Crippen LogP contribution < -0.4 is 9.44 Å². The molecule has 138 valence electrons. The van der Waals surface area contributed by atoms with E-state index in [1.807, 2.05) is 0 Å². The van der Waals surface area contributed by atoms with Gasteiger partial charge in [0.2, 0.25) is 5.95 Å². The number of alkyl halides is 9. The molecule has 2 N–H and O–H groups in total. The molecule has 0 unspecified atom stereocenters. The van der Waals surface area contributed by atoms with Crippen LogP contribution in [0.4, 0.5) is 51.3 Å². The molecular formula is C7H2ClF9N4S3. The van der Waals surface area contributed by atoms with Crippen molar-refractivity contribution < 1.29 is 39.5 Å². The smallest absolute Gasteiger partial charge is 0.306 e. The highest BCUT2D eigenvalue weighted by Gasteiger charge is 2.35. The lowest BCUT2D eigenvalue weighted by molar-refractivity contribution is -0.0334. The first-order valence-electron chi connectivity index (χ1n) is 5.01. The zero-order valence-electron chi connectivity index (χ0n) is 10.4. The lowest BCUT2D eigenvalue weighted by Gasteiger charge is -2.15. The van der Waals surface area contributed by atoms with Gasteiger partial charge in [0.1, 0.15) is 0 Å². The average molecular weight is 445 g/mol. The highest BCUT2D eigenvalue weighted by Crippen LogP contribution is 2.45. The second-order valence-corrected chi connectivity index (χ2v) is 6.54. The molecule has 1 aromatic heterocycles. The van der Waals surface area contributed by atoms with Crippen LogP contribution in [-0.4, -0.2) is 26.5 Å². The van der Waals surface area contributed by atoms with Crippen LogP contribution in [0.5, 0.6) is 0 Å². The minimum Gasteiger partial charge on any atom is -0.306 e. The molecule has 0 spiro atoms. The highest BCUT2D eigenvalue weighted by molar-refractivity contribution is 8.02. The Morgan fingerprint density at radius 1 is 0.750 bits per heavy atom. The molecule has 0 aliphatic rings. The van der Waals surface area contributed by atoms with Crippen molar-refractivity contribution in [1.29, 1.82) is 0 Å². The molecular weight excluding hydrogens is 443 g/mol. The number of halogens is 10. The normalized spacial score (nSPS) is 13.1. The second kappa shape index (κ2) is 7.74. The van der Waals surface area contributed by atoms with Gasteiger partial charge in [0.15, 0.2) is 11.0 Å². The maximum Gasteiger partial charge on any atom is 0.461 e.